The third-order valence-electron chi connectivity index (χ3n) is 3.92. The molecule has 1 N–H and O–H groups in total. The van der Waals surface area contributed by atoms with Crippen LogP contribution in [0, 0.1) is 13.8 Å². The monoisotopic (exact) mass is 269 g/mol. The van der Waals surface area contributed by atoms with Gasteiger partial charge in [-0.05, 0) is 61.7 Å². The van der Waals surface area contributed by atoms with Crippen LogP contribution in [0.15, 0.2) is 42.5 Å². The minimum Gasteiger partial charge on any atom is -0.497 e. The van der Waals surface area contributed by atoms with Crippen molar-refractivity contribution in [2.75, 3.05) is 14.2 Å². The van der Waals surface area contributed by atoms with E-state index in [1.807, 2.05) is 19.2 Å². The first-order valence-corrected chi connectivity index (χ1v) is 7.02. The molecule has 1 atom stereocenters. The number of hydrogen-bond acceptors (Lipinski definition) is 2. The second kappa shape index (κ2) is 6.58. The average molecular weight is 269 g/mol. The summed E-state index contributed by atoms with van der Waals surface area (Å²) in [4.78, 5) is 0. The summed E-state index contributed by atoms with van der Waals surface area (Å²) in [5.74, 6) is 0.899. The van der Waals surface area contributed by atoms with Gasteiger partial charge >= 0.3 is 0 Å². The Morgan fingerprint density at radius 3 is 2.10 bits per heavy atom. The first-order valence-electron chi connectivity index (χ1n) is 7.02. The lowest BCUT2D eigenvalue weighted by atomic mass is 9.93. The minimum atomic E-state index is 0.320. The molecule has 0 spiro atoms. The molecule has 20 heavy (non-hydrogen) atoms. The molecule has 1 unspecified atom stereocenters. The fourth-order valence-corrected chi connectivity index (χ4v) is 2.60. The van der Waals surface area contributed by atoms with E-state index in [0.29, 0.717) is 6.04 Å². The Labute approximate surface area is 121 Å². The molecule has 0 aliphatic heterocycles. The lowest BCUT2D eigenvalue weighted by molar-refractivity contribution is 0.414. The van der Waals surface area contributed by atoms with Gasteiger partial charge in [0.05, 0.1) is 7.11 Å². The van der Waals surface area contributed by atoms with Crippen molar-refractivity contribution in [3.8, 4) is 5.75 Å². The molecule has 0 aliphatic carbocycles. The van der Waals surface area contributed by atoms with E-state index in [1.54, 1.807) is 7.11 Å². The molecule has 2 aromatic carbocycles. The fourth-order valence-electron chi connectivity index (χ4n) is 2.60. The largest absolute Gasteiger partial charge is 0.497 e. The van der Waals surface area contributed by atoms with Crippen LogP contribution in [0.3, 0.4) is 0 Å². The zero-order chi connectivity index (χ0) is 14.5. The molecule has 0 saturated carbocycles. The highest BCUT2D eigenvalue weighted by atomic mass is 16.5. The second-order valence-electron chi connectivity index (χ2n) is 5.19. The zero-order valence-electron chi connectivity index (χ0n) is 12.7. The number of likely N-dealkylation sites (N-methyl/N-ethyl adjacent to an activating group) is 1. The van der Waals surface area contributed by atoms with E-state index in [4.69, 9.17) is 4.74 Å². The van der Waals surface area contributed by atoms with Gasteiger partial charge in [0.1, 0.15) is 5.75 Å². The minimum absolute atomic E-state index is 0.320. The Bertz CT molecular complexity index is 540. The Morgan fingerprint density at radius 2 is 1.60 bits per heavy atom. The van der Waals surface area contributed by atoms with Gasteiger partial charge in [-0.1, -0.05) is 30.3 Å². The van der Waals surface area contributed by atoms with E-state index in [0.717, 1.165) is 12.2 Å². The first-order chi connectivity index (χ1) is 9.65. The average Bonchev–Trinajstić information content (AvgIpc) is 2.47. The van der Waals surface area contributed by atoms with Gasteiger partial charge in [-0.15, -0.1) is 0 Å². The molecule has 0 fully saturated rings. The molecule has 0 saturated heterocycles. The quantitative estimate of drug-likeness (QED) is 0.891. The van der Waals surface area contributed by atoms with E-state index in [9.17, 15) is 0 Å². The van der Waals surface area contributed by atoms with E-state index in [-0.39, 0.29) is 0 Å². The van der Waals surface area contributed by atoms with Crippen LogP contribution in [-0.4, -0.2) is 14.2 Å². The Morgan fingerprint density at radius 1 is 1.00 bits per heavy atom. The molecule has 0 aliphatic rings. The molecule has 2 nitrogen and oxygen atoms in total. The molecular formula is C18H23NO. The van der Waals surface area contributed by atoms with Gasteiger partial charge in [-0.25, -0.2) is 0 Å². The van der Waals surface area contributed by atoms with Crippen molar-refractivity contribution in [1.29, 1.82) is 0 Å². The number of ether oxygens (including phenoxy) is 1. The highest BCUT2D eigenvalue weighted by Crippen LogP contribution is 2.24. The van der Waals surface area contributed by atoms with E-state index in [1.165, 1.54) is 22.3 Å². The summed E-state index contributed by atoms with van der Waals surface area (Å²) >= 11 is 0. The van der Waals surface area contributed by atoms with Crippen molar-refractivity contribution < 1.29 is 4.74 Å². The summed E-state index contributed by atoms with van der Waals surface area (Å²) < 4.78 is 5.22. The third kappa shape index (κ3) is 3.20. The molecule has 0 amide bonds. The number of rotatable bonds is 5. The molecular weight excluding hydrogens is 246 g/mol. The number of benzene rings is 2. The maximum atomic E-state index is 5.22. The van der Waals surface area contributed by atoms with Gasteiger partial charge in [-0.3, -0.25) is 0 Å². The summed E-state index contributed by atoms with van der Waals surface area (Å²) in [5.41, 5.74) is 5.44. The van der Waals surface area contributed by atoms with Crippen LogP contribution in [0.4, 0.5) is 0 Å². The molecule has 106 valence electrons. The van der Waals surface area contributed by atoms with Crippen LogP contribution in [-0.2, 0) is 6.42 Å². The summed E-state index contributed by atoms with van der Waals surface area (Å²) in [6.45, 7) is 4.37. The topological polar surface area (TPSA) is 21.3 Å². The number of methoxy groups -OCH3 is 1. The fraction of sp³-hybridized carbons (Fsp3) is 0.333. The normalized spacial score (nSPS) is 12.2. The molecule has 0 heterocycles. The molecule has 2 rings (SSSR count). The Balaban J connectivity index is 2.24. The predicted molar refractivity (Wildman–Crippen MR) is 84.4 cm³/mol. The number of hydrogen-bond donors (Lipinski definition) is 1. The number of nitrogens with one attached hydrogen (secondary N) is 1. The van der Waals surface area contributed by atoms with Gasteiger partial charge in [0.25, 0.3) is 0 Å². The SMILES string of the molecule is CNC(Cc1c(C)cccc1C)c1ccc(OC)cc1. The van der Waals surface area contributed by atoms with E-state index in [2.05, 4.69) is 49.5 Å². The van der Waals surface area contributed by atoms with Crippen molar-refractivity contribution in [2.45, 2.75) is 26.3 Å². The lowest BCUT2D eigenvalue weighted by Gasteiger charge is -2.20. The van der Waals surface area contributed by atoms with Gasteiger partial charge in [0, 0.05) is 6.04 Å². The zero-order valence-corrected chi connectivity index (χ0v) is 12.7. The van der Waals surface area contributed by atoms with Crippen molar-refractivity contribution in [2.24, 2.45) is 0 Å². The Hall–Kier alpha value is -1.80. The highest BCUT2D eigenvalue weighted by molar-refractivity contribution is 5.36. The van der Waals surface area contributed by atoms with Gasteiger partial charge in [-0.2, -0.15) is 0 Å². The molecule has 0 bridgehead atoms. The maximum absolute atomic E-state index is 5.22. The van der Waals surface area contributed by atoms with Crippen molar-refractivity contribution in [3.05, 3.63) is 64.7 Å². The van der Waals surface area contributed by atoms with Gasteiger partial charge in [0.2, 0.25) is 0 Å². The smallest absolute Gasteiger partial charge is 0.118 e. The third-order valence-corrected chi connectivity index (χ3v) is 3.92. The van der Waals surface area contributed by atoms with Gasteiger partial charge < -0.3 is 10.1 Å². The van der Waals surface area contributed by atoms with Crippen LogP contribution < -0.4 is 10.1 Å². The van der Waals surface area contributed by atoms with E-state index >= 15 is 0 Å². The van der Waals surface area contributed by atoms with Gasteiger partial charge in [0.15, 0.2) is 0 Å². The predicted octanol–water partition coefficient (Wildman–Crippen LogP) is 3.82. The van der Waals surface area contributed by atoms with Crippen LogP contribution in [0.1, 0.15) is 28.3 Å². The molecule has 2 aromatic rings. The van der Waals surface area contributed by atoms with Crippen molar-refractivity contribution in [3.63, 3.8) is 0 Å². The second-order valence-corrected chi connectivity index (χ2v) is 5.19. The summed E-state index contributed by atoms with van der Waals surface area (Å²) in [6.07, 6.45) is 1.00. The maximum Gasteiger partial charge on any atom is 0.118 e. The molecule has 2 heteroatoms. The molecule has 0 aromatic heterocycles. The summed E-state index contributed by atoms with van der Waals surface area (Å²) in [5, 5.41) is 3.42. The lowest BCUT2D eigenvalue weighted by Crippen LogP contribution is -2.19. The molecule has 0 radical (unpaired) electrons. The standard InChI is InChI=1S/C18H23NO/c1-13-6-5-7-14(2)17(13)12-18(19-3)15-8-10-16(20-4)11-9-15/h5-11,18-19H,12H2,1-4H3. The number of aryl methyl sites for hydroxylation is 2. The Kier molecular flexibility index (Phi) is 4.80. The van der Waals surface area contributed by atoms with Crippen LogP contribution >= 0.6 is 0 Å². The first kappa shape index (κ1) is 14.6. The van der Waals surface area contributed by atoms with Crippen LogP contribution in [0.2, 0.25) is 0 Å². The van der Waals surface area contributed by atoms with Crippen LogP contribution in [0.5, 0.6) is 5.75 Å². The van der Waals surface area contributed by atoms with Crippen molar-refractivity contribution >= 4 is 0 Å². The summed E-state index contributed by atoms with van der Waals surface area (Å²) in [7, 11) is 3.71. The van der Waals surface area contributed by atoms with Crippen molar-refractivity contribution in [1.82, 2.24) is 5.32 Å². The van der Waals surface area contributed by atoms with E-state index < -0.39 is 0 Å². The summed E-state index contributed by atoms with van der Waals surface area (Å²) in [6, 6.07) is 15.1. The van der Waals surface area contributed by atoms with Crippen LogP contribution in [0.25, 0.3) is 0 Å². The highest BCUT2D eigenvalue weighted by Gasteiger charge is 2.13.